The van der Waals surface area contributed by atoms with Crippen molar-refractivity contribution in [2.45, 2.75) is 57.5 Å². The molecule has 2 aromatic heterocycles. The number of aromatic nitrogens is 1. The first-order valence-electron chi connectivity index (χ1n) is 9.57. The molecule has 0 N–H and O–H groups in total. The van der Waals surface area contributed by atoms with Gasteiger partial charge < -0.3 is 9.47 Å². The molecule has 5 rings (SSSR count). The number of rotatable bonds is 1. The third-order valence-corrected chi connectivity index (χ3v) is 7.95. The van der Waals surface area contributed by atoms with Crippen LogP contribution in [0.15, 0.2) is 36.5 Å². The van der Waals surface area contributed by atoms with Crippen molar-refractivity contribution in [1.29, 1.82) is 0 Å². The van der Waals surface area contributed by atoms with E-state index in [9.17, 15) is 0 Å². The SMILES string of the molecule is Cc1ccccc1N1[C@@H](C)c2sc3c(ccn3C)c2C12CCCCC2. The van der Waals surface area contributed by atoms with Crippen molar-refractivity contribution < 1.29 is 0 Å². The molecule has 0 amide bonds. The van der Waals surface area contributed by atoms with E-state index >= 15 is 0 Å². The lowest BCUT2D eigenvalue weighted by Gasteiger charge is -2.46. The van der Waals surface area contributed by atoms with Gasteiger partial charge in [-0.3, -0.25) is 0 Å². The molecule has 3 heterocycles. The summed E-state index contributed by atoms with van der Waals surface area (Å²) >= 11 is 2.02. The molecule has 1 aliphatic heterocycles. The number of para-hydroxylation sites is 1. The van der Waals surface area contributed by atoms with Gasteiger partial charge in [0.15, 0.2) is 0 Å². The van der Waals surface area contributed by atoms with Crippen molar-refractivity contribution in [3.63, 3.8) is 0 Å². The van der Waals surface area contributed by atoms with E-state index in [1.165, 1.54) is 53.6 Å². The first-order valence-corrected chi connectivity index (χ1v) is 10.4. The van der Waals surface area contributed by atoms with Crippen LogP contribution in [0.25, 0.3) is 10.2 Å². The fourth-order valence-corrected chi connectivity index (χ4v) is 6.77. The highest BCUT2D eigenvalue weighted by Gasteiger charge is 2.51. The molecule has 2 aliphatic rings. The molecule has 25 heavy (non-hydrogen) atoms. The van der Waals surface area contributed by atoms with Gasteiger partial charge in [-0.25, -0.2) is 0 Å². The molecule has 1 aromatic carbocycles. The van der Waals surface area contributed by atoms with Crippen LogP contribution < -0.4 is 4.90 Å². The van der Waals surface area contributed by atoms with Crippen LogP contribution in [0.5, 0.6) is 0 Å². The fraction of sp³-hybridized carbons (Fsp3) is 0.455. The first kappa shape index (κ1) is 15.5. The van der Waals surface area contributed by atoms with Crippen LogP contribution in [0.4, 0.5) is 5.69 Å². The van der Waals surface area contributed by atoms with Crippen molar-refractivity contribution in [3.8, 4) is 0 Å². The Balaban J connectivity index is 1.79. The standard InChI is InChI=1S/C22H26N2S/c1-15-9-5-6-10-18(15)24-16(2)20-19(22(24)12-7-4-8-13-22)17-11-14-23(3)21(17)25-20/h5-6,9-11,14,16H,4,7-8,12-13H2,1-3H3/t16-/m0/s1. The van der Waals surface area contributed by atoms with E-state index in [4.69, 9.17) is 0 Å². The summed E-state index contributed by atoms with van der Waals surface area (Å²) in [6.07, 6.45) is 8.89. The summed E-state index contributed by atoms with van der Waals surface area (Å²) in [4.78, 5) is 5.84. The van der Waals surface area contributed by atoms with Crippen LogP contribution in [0, 0.1) is 6.92 Å². The summed E-state index contributed by atoms with van der Waals surface area (Å²) in [7, 11) is 2.19. The maximum atomic E-state index is 2.79. The van der Waals surface area contributed by atoms with Crippen LogP contribution in [-0.2, 0) is 12.6 Å². The number of nitrogens with zero attached hydrogens (tertiary/aromatic N) is 2. The smallest absolute Gasteiger partial charge is 0.103 e. The number of thiophene rings is 1. The van der Waals surface area contributed by atoms with Gasteiger partial charge in [-0.1, -0.05) is 37.5 Å². The summed E-state index contributed by atoms with van der Waals surface area (Å²) in [6, 6.07) is 11.8. The predicted octanol–water partition coefficient (Wildman–Crippen LogP) is 6.29. The minimum Gasteiger partial charge on any atom is -0.354 e. The largest absolute Gasteiger partial charge is 0.354 e. The lowest BCUT2D eigenvalue weighted by atomic mass is 9.76. The Morgan fingerprint density at radius 3 is 2.60 bits per heavy atom. The van der Waals surface area contributed by atoms with E-state index in [0.717, 1.165) is 0 Å². The van der Waals surface area contributed by atoms with Gasteiger partial charge in [0.2, 0.25) is 0 Å². The van der Waals surface area contributed by atoms with Crippen LogP contribution in [0.2, 0.25) is 0 Å². The molecule has 0 radical (unpaired) electrons. The van der Waals surface area contributed by atoms with Crippen LogP contribution >= 0.6 is 11.3 Å². The van der Waals surface area contributed by atoms with Crippen molar-refractivity contribution >= 4 is 27.2 Å². The lowest BCUT2D eigenvalue weighted by Crippen LogP contribution is -2.44. The lowest BCUT2D eigenvalue weighted by molar-refractivity contribution is 0.285. The maximum Gasteiger partial charge on any atom is 0.103 e. The van der Waals surface area contributed by atoms with Gasteiger partial charge in [-0.05, 0) is 44.4 Å². The van der Waals surface area contributed by atoms with Gasteiger partial charge in [0, 0.05) is 34.8 Å². The Morgan fingerprint density at radius 2 is 1.84 bits per heavy atom. The Labute approximate surface area is 154 Å². The summed E-state index contributed by atoms with van der Waals surface area (Å²) in [5, 5.41) is 1.51. The van der Waals surface area contributed by atoms with Gasteiger partial charge >= 0.3 is 0 Å². The van der Waals surface area contributed by atoms with Crippen LogP contribution in [0.1, 0.15) is 61.1 Å². The second kappa shape index (κ2) is 5.38. The molecular weight excluding hydrogens is 324 g/mol. The third-order valence-electron chi connectivity index (χ3n) is 6.49. The number of fused-ring (bicyclic) bond motifs is 4. The van der Waals surface area contributed by atoms with Crippen molar-refractivity contribution in [3.05, 3.63) is 52.5 Å². The summed E-state index contributed by atoms with van der Waals surface area (Å²) in [5.74, 6) is 0. The van der Waals surface area contributed by atoms with Crippen molar-refractivity contribution in [2.75, 3.05) is 4.90 Å². The zero-order chi connectivity index (χ0) is 17.2. The van der Waals surface area contributed by atoms with Crippen LogP contribution in [0.3, 0.4) is 0 Å². The molecule has 0 bridgehead atoms. The van der Waals surface area contributed by atoms with Crippen molar-refractivity contribution in [1.82, 2.24) is 4.57 Å². The van der Waals surface area contributed by atoms with E-state index in [-0.39, 0.29) is 5.54 Å². The van der Waals surface area contributed by atoms with E-state index in [0.29, 0.717) is 6.04 Å². The zero-order valence-corrected chi connectivity index (χ0v) is 16.2. The molecule has 3 aromatic rings. The maximum absolute atomic E-state index is 2.79. The number of hydrogen-bond acceptors (Lipinski definition) is 2. The molecule has 2 nitrogen and oxygen atoms in total. The molecule has 1 fully saturated rings. The topological polar surface area (TPSA) is 8.17 Å². The van der Waals surface area contributed by atoms with Crippen molar-refractivity contribution in [2.24, 2.45) is 7.05 Å². The second-order valence-corrected chi connectivity index (χ2v) is 8.94. The molecule has 1 atom stereocenters. The van der Waals surface area contributed by atoms with Gasteiger partial charge in [-0.2, -0.15) is 0 Å². The predicted molar refractivity (Wildman–Crippen MR) is 108 cm³/mol. The quantitative estimate of drug-likeness (QED) is 0.501. The van der Waals surface area contributed by atoms with E-state index in [1.807, 2.05) is 11.3 Å². The average molecular weight is 351 g/mol. The first-order chi connectivity index (χ1) is 12.1. The number of anilines is 1. The minimum atomic E-state index is 0.193. The normalized spacial score (nSPS) is 22.0. The third kappa shape index (κ3) is 1.96. The second-order valence-electron chi connectivity index (χ2n) is 7.91. The van der Waals surface area contributed by atoms with E-state index in [2.05, 4.69) is 66.9 Å². The Hall–Kier alpha value is -1.74. The molecular formula is C22H26N2S. The highest BCUT2D eigenvalue weighted by molar-refractivity contribution is 7.19. The van der Waals surface area contributed by atoms with Gasteiger partial charge in [0.25, 0.3) is 0 Å². The van der Waals surface area contributed by atoms with Gasteiger partial charge in [-0.15, -0.1) is 11.3 Å². The molecule has 1 spiro atoms. The Kier molecular flexibility index (Phi) is 3.34. The number of hydrogen-bond donors (Lipinski definition) is 0. The van der Waals surface area contributed by atoms with Crippen LogP contribution in [-0.4, -0.2) is 4.57 Å². The number of benzene rings is 1. The molecule has 1 saturated carbocycles. The zero-order valence-electron chi connectivity index (χ0n) is 15.4. The monoisotopic (exact) mass is 350 g/mol. The summed E-state index contributed by atoms with van der Waals surface area (Å²) in [5.41, 5.74) is 4.69. The molecule has 0 saturated heterocycles. The summed E-state index contributed by atoms with van der Waals surface area (Å²) < 4.78 is 2.31. The fourth-order valence-electron chi connectivity index (χ4n) is 5.40. The highest BCUT2D eigenvalue weighted by atomic mass is 32.1. The molecule has 130 valence electrons. The minimum absolute atomic E-state index is 0.193. The van der Waals surface area contributed by atoms with Gasteiger partial charge in [0.05, 0.1) is 11.6 Å². The van der Waals surface area contributed by atoms with Gasteiger partial charge in [0.1, 0.15) is 4.83 Å². The van der Waals surface area contributed by atoms with E-state index in [1.54, 1.807) is 10.4 Å². The molecule has 1 aliphatic carbocycles. The highest BCUT2D eigenvalue weighted by Crippen LogP contribution is 2.59. The summed E-state index contributed by atoms with van der Waals surface area (Å²) in [6.45, 7) is 4.69. The average Bonchev–Trinajstić information content (AvgIpc) is 3.23. The Bertz CT molecular complexity index is 942. The molecule has 0 unspecified atom stereocenters. The van der Waals surface area contributed by atoms with E-state index < -0.39 is 0 Å². The molecule has 3 heteroatoms. The number of aryl methyl sites for hydroxylation is 2. The Morgan fingerprint density at radius 1 is 1.08 bits per heavy atom.